The molecule has 1 aromatic rings. The Morgan fingerprint density at radius 1 is 1.27 bits per heavy atom. The third-order valence-corrected chi connectivity index (χ3v) is 3.99. The van der Waals surface area contributed by atoms with Crippen molar-refractivity contribution in [3.8, 4) is 0 Å². The number of aliphatic imine (C=N–C) groups is 1. The Morgan fingerprint density at radius 3 is 2.59 bits per heavy atom. The van der Waals surface area contributed by atoms with Crippen LogP contribution >= 0.6 is 35.3 Å². The minimum atomic E-state index is 0. The summed E-state index contributed by atoms with van der Waals surface area (Å²) in [6, 6.07) is 0. The number of halogens is 1. The van der Waals surface area contributed by atoms with Crippen molar-refractivity contribution in [1.29, 1.82) is 0 Å². The molecular weight excluding hydrogens is 409 g/mol. The Hall–Kier alpha value is -0.410. The first-order valence-corrected chi connectivity index (χ1v) is 8.67. The number of aryl methyl sites for hydroxylation is 1. The molecule has 0 fully saturated rings. The van der Waals surface area contributed by atoms with Gasteiger partial charge in [-0.25, -0.2) is 9.98 Å². The normalized spacial score (nSPS) is 11.4. The Morgan fingerprint density at radius 2 is 2.05 bits per heavy atom. The van der Waals surface area contributed by atoms with Crippen LogP contribution in [0.2, 0.25) is 0 Å². The van der Waals surface area contributed by atoms with E-state index in [0.29, 0.717) is 6.54 Å². The fraction of sp³-hybridized carbons (Fsp3) is 0.733. The summed E-state index contributed by atoms with van der Waals surface area (Å²) in [5.41, 5.74) is 0. The summed E-state index contributed by atoms with van der Waals surface area (Å²) in [6.45, 7) is 14.3. The first-order valence-electron chi connectivity index (χ1n) is 7.85. The highest BCUT2D eigenvalue weighted by Crippen LogP contribution is 2.11. The summed E-state index contributed by atoms with van der Waals surface area (Å²) in [7, 11) is 0. The molecule has 0 radical (unpaired) electrons. The summed E-state index contributed by atoms with van der Waals surface area (Å²) in [4.78, 5) is 12.6. The number of likely N-dealkylation sites (N-methyl/N-ethyl adjacent to an activating group) is 1. The number of nitrogens with zero attached hydrogens (tertiary/aromatic N) is 3. The second kappa shape index (κ2) is 13.1. The molecule has 0 aliphatic heterocycles. The molecule has 22 heavy (non-hydrogen) atoms. The van der Waals surface area contributed by atoms with Crippen LogP contribution in [0.25, 0.3) is 0 Å². The topological polar surface area (TPSA) is 52.5 Å². The number of hydrogen-bond acceptors (Lipinski definition) is 4. The van der Waals surface area contributed by atoms with Crippen LogP contribution in [0.4, 0.5) is 0 Å². The number of hydrogen-bond donors (Lipinski definition) is 2. The molecule has 1 rings (SSSR count). The van der Waals surface area contributed by atoms with Gasteiger partial charge in [0.05, 0.1) is 6.54 Å². The summed E-state index contributed by atoms with van der Waals surface area (Å²) in [6.07, 6.45) is 3.10. The number of aromatic nitrogens is 1. The Labute approximate surface area is 156 Å². The summed E-state index contributed by atoms with van der Waals surface area (Å²) >= 11 is 1.70. The minimum Gasteiger partial charge on any atom is -0.357 e. The molecule has 0 unspecified atom stereocenters. The molecule has 0 saturated heterocycles. The van der Waals surface area contributed by atoms with Gasteiger partial charge in [0.25, 0.3) is 0 Å². The highest BCUT2D eigenvalue weighted by Gasteiger charge is 2.03. The van der Waals surface area contributed by atoms with Gasteiger partial charge in [0.2, 0.25) is 0 Å². The Bertz CT molecular complexity index is 422. The van der Waals surface area contributed by atoms with Crippen LogP contribution in [0, 0.1) is 6.92 Å². The molecule has 7 heteroatoms. The number of guanidine groups is 1. The molecule has 0 aliphatic carbocycles. The molecule has 1 heterocycles. The zero-order chi connectivity index (χ0) is 15.5. The van der Waals surface area contributed by atoms with Crippen molar-refractivity contribution >= 4 is 41.3 Å². The van der Waals surface area contributed by atoms with Gasteiger partial charge in [0.1, 0.15) is 5.01 Å². The Kier molecular flexibility index (Phi) is 12.8. The summed E-state index contributed by atoms with van der Waals surface area (Å²) in [5, 5.41) is 7.74. The van der Waals surface area contributed by atoms with Gasteiger partial charge in [-0.1, -0.05) is 13.8 Å². The number of nitrogens with one attached hydrogen (secondary N) is 2. The van der Waals surface area contributed by atoms with Crippen molar-refractivity contribution < 1.29 is 0 Å². The maximum Gasteiger partial charge on any atom is 0.191 e. The van der Waals surface area contributed by atoms with Gasteiger partial charge in [0, 0.05) is 30.7 Å². The molecule has 0 aliphatic rings. The molecule has 128 valence electrons. The maximum atomic E-state index is 4.59. The van der Waals surface area contributed by atoms with E-state index in [1.54, 1.807) is 11.3 Å². The molecule has 0 bridgehead atoms. The van der Waals surface area contributed by atoms with E-state index in [1.165, 1.54) is 11.3 Å². The van der Waals surface area contributed by atoms with Crippen LogP contribution in [-0.2, 0) is 6.54 Å². The lowest BCUT2D eigenvalue weighted by atomic mass is 10.4. The maximum absolute atomic E-state index is 4.59. The third kappa shape index (κ3) is 8.89. The first kappa shape index (κ1) is 21.6. The molecule has 2 N–H and O–H groups in total. The van der Waals surface area contributed by atoms with Gasteiger partial charge < -0.3 is 15.5 Å². The van der Waals surface area contributed by atoms with Crippen LogP contribution in [-0.4, -0.2) is 48.6 Å². The fourth-order valence-electron chi connectivity index (χ4n) is 2.04. The average molecular weight is 439 g/mol. The van der Waals surface area contributed by atoms with E-state index in [4.69, 9.17) is 0 Å². The van der Waals surface area contributed by atoms with E-state index in [2.05, 4.69) is 53.2 Å². The van der Waals surface area contributed by atoms with E-state index in [-0.39, 0.29) is 24.0 Å². The lowest BCUT2D eigenvalue weighted by molar-refractivity contribution is 0.293. The third-order valence-electron chi connectivity index (χ3n) is 3.09. The van der Waals surface area contributed by atoms with Crippen LogP contribution in [0.1, 0.15) is 37.1 Å². The van der Waals surface area contributed by atoms with E-state index in [1.807, 2.05) is 6.20 Å². The van der Waals surface area contributed by atoms with Crippen molar-refractivity contribution in [2.45, 2.75) is 40.7 Å². The lowest BCUT2D eigenvalue weighted by Gasteiger charge is -2.20. The van der Waals surface area contributed by atoms with Gasteiger partial charge >= 0.3 is 0 Å². The second-order valence-electron chi connectivity index (χ2n) is 4.92. The van der Waals surface area contributed by atoms with Gasteiger partial charge in [-0.2, -0.15) is 0 Å². The van der Waals surface area contributed by atoms with Gasteiger partial charge in [-0.15, -0.1) is 35.3 Å². The number of thiazole rings is 1. The quantitative estimate of drug-likeness (QED) is 0.353. The van der Waals surface area contributed by atoms with Gasteiger partial charge in [-0.3, -0.25) is 0 Å². The molecule has 0 aromatic carbocycles. The second-order valence-corrected chi connectivity index (χ2v) is 6.24. The van der Waals surface area contributed by atoms with Crippen molar-refractivity contribution in [2.75, 3.05) is 32.7 Å². The zero-order valence-corrected chi connectivity index (χ0v) is 17.3. The van der Waals surface area contributed by atoms with Gasteiger partial charge in [0.15, 0.2) is 5.96 Å². The van der Waals surface area contributed by atoms with Crippen molar-refractivity contribution in [3.63, 3.8) is 0 Å². The molecule has 1 aromatic heterocycles. The smallest absolute Gasteiger partial charge is 0.191 e. The molecule has 0 atom stereocenters. The lowest BCUT2D eigenvalue weighted by Crippen LogP contribution is -2.41. The highest BCUT2D eigenvalue weighted by atomic mass is 127. The average Bonchev–Trinajstić information content (AvgIpc) is 2.89. The number of rotatable bonds is 9. The highest BCUT2D eigenvalue weighted by molar-refractivity contribution is 14.0. The fourth-order valence-corrected chi connectivity index (χ4v) is 2.75. The molecule has 5 nitrogen and oxygen atoms in total. The standard InChI is InChI=1S/C15H29N5S.HI/c1-5-9-20(7-3)10-8-17-15(16-6-2)19-12-14-18-11-13(4)21-14;/h11H,5-10,12H2,1-4H3,(H2,16,17,19);1H. The SMILES string of the molecule is CCCN(CC)CCNC(=NCc1ncc(C)s1)NCC.I. The molecular formula is C15H30IN5S. The van der Waals surface area contributed by atoms with Crippen molar-refractivity contribution in [2.24, 2.45) is 4.99 Å². The van der Waals surface area contributed by atoms with E-state index in [0.717, 1.165) is 43.7 Å². The van der Waals surface area contributed by atoms with Crippen LogP contribution < -0.4 is 10.6 Å². The van der Waals surface area contributed by atoms with E-state index < -0.39 is 0 Å². The summed E-state index contributed by atoms with van der Waals surface area (Å²) in [5.74, 6) is 0.873. The van der Waals surface area contributed by atoms with Crippen LogP contribution in [0.3, 0.4) is 0 Å². The van der Waals surface area contributed by atoms with Crippen molar-refractivity contribution in [3.05, 3.63) is 16.1 Å². The molecule has 0 amide bonds. The molecule has 0 saturated carbocycles. The monoisotopic (exact) mass is 439 g/mol. The Balaban J connectivity index is 0.00000441. The largest absolute Gasteiger partial charge is 0.357 e. The van der Waals surface area contributed by atoms with Crippen LogP contribution in [0.15, 0.2) is 11.2 Å². The first-order chi connectivity index (χ1) is 10.2. The van der Waals surface area contributed by atoms with Crippen molar-refractivity contribution in [1.82, 2.24) is 20.5 Å². The van der Waals surface area contributed by atoms with Crippen LogP contribution in [0.5, 0.6) is 0 Å². The summed E-state index contributed by atoms with van der Waals surface area (Å²) < 4.78 is 0. The van der Waals surface area contributed by atoms with E-state index in [9.17, 15) is 0 Å². The predicted octanol–water partition coefficient (Wildman–Crippen LogP) is 2.86. The van der Waals surface area contributed by atoms with Gasteiger partial charge in [-0.05, 0) is 33.4 Å². The molecule has 0 spiro atoms. The minimum absolute atomic E-state index is 0. The predicted molar refractivity (Wildman–Crippen MR) is 107 cm³/mol. The zero-order valence-electron chi connectivity index (χ0n) is 14.2. The van der Waals surface area contributed by atoms with E-state index >= 15 is 0 Å².